The predicted molar refractivity (Wildman–Crippen MR) is 92.9 cm³/mol. The van der Waals surface area contributed by atoms with E-state index in [9.17, 15) is 4.79 Å². The Kier molecular flexibility index (Phi) is 4.79. The van der Waals surface area contributed by atoms with Crippen LogP contribution in [0.25, 0.3) is 0 Å². The van der Waals surface area contributed by atoms with Crippen molar-refractivity contribution in [3.05, 3.63) is 21.9 Å². The van der Waals surface area contributed by atoms with Crippen molar-refractivity contribution < 1.29 is 9.53 Å². The highest BCUT2D eigenvalue weighted by molar-refractivity contribution is 7.11. The van der Waals surface area contributed by atoms with Crippen molar-refractivity contribution in [1.29, 1.82) is 0 Å². The zero-order valence-electron chi connectivity index (χ0n) is 13.9. The fraction of sp³-hybridized carbons (Fsp3) is 0.467. The van der Waals surface area contributed by atoms with Gasteiger partial charge in [-0.1, -0.05) is 0 Å². The van der Waals surface area contributed by atoms with Gasteiger partial charge in [-0.3, -0.25) is 0 Å². The van der Waals surface area contributed by atoms with Crippen LogP contribution in [0.5, 0.6) is 5.88 Å². The van der Waals surface area contributed by atoms with Gasteiger partial charge in [-0.05, 0) is 19.3 Å². The number of aromatic nitrogens is 3. The van der Waals surface area contributed by atoms with Crippen LogP contribution < -0.4 is 20.3 Å². The molecule has 3 rings (SSSR count). The molecule has 0 aliphatic heterocycles. The summed E-state index contributed by atoms with van der Waals surface area (Å²) in [6, 6.07) is -0.346. The number of methoxy groups -OCH3 is 1. The molecule has 9 heteroatoms. The van der Waals surface area contributed by atoms with Crippen molar-refractivity contribution in [1.82, 2.24) is 20.3 Å². The first-order valence-electron chi connectivity index (χ1n) is 7.67. The molecule has 0 aromatic carbocycles. The molecule has 0 unspecified atom stereocenters. The van der Waals surface area contributed by atoms with Crippen LogP contribution >= 0.6 is 11.3 Å². The number of aryl methyl sites for hydroxylation is 2. The Morgan fingerprint density at radius 2 is 2.21 bits per heavy atom. The summed E-state index contributed by atoms with van der Waals surface area (Å²) < 4.78 is 5.21. The molecular weight excluding hydrogens is 328 g/mol. The lowest BCUT2D eigenvalue weighted by molar-refractivity contribution is 0.251. The summed E-state index contributed by atoms with van der Waals surface area (Å²) in [6.07, 6.45) is 4.73. The molecule has 24 heavy (non-hydrogen) atoms. The van der Waals surface area contributed by atoms with E-state index in [0.717, 1.165) is 17.8 Å². The minimum absolute atomic E-state index is 0.317. The molecule has 8 nitrogen and oxygen atoms in total. The number of anilines is 2. The molecule has 0 bridgehead atoms. The van der Waals surface area contributed by atoms with Crippen LogP contribution in [-0.2, 0) is 19.4 Å². The number of thiazole rings is 1. The fourth-order valence-electron chi connectivity index (χ4n) is 2.60. The first-order chi connectivity index (χ1) is 11.6. The Labute approximate surface area is 144 Å². The van der Waals surface area contributed by atoms with Gasteiger partial charge in [-0.2, -0.15) is 4.98 Å². The highest BCUT2D eigenvalue weighted by Crippen LogP contribution is 2.30. The van der Waals surface area contributed by atoms with Gasteiger partial charge in [0.2, 0.25) is 5.88 Å². The minimum atomic E-state index is -0.346. The summed E-state index contributed by atoms with van der Waals surface area (Å²) in [7, 11) is 5.17. The molecule has 0 spiro atoms. The van der Waals surface area contributed by atoms with Crippen molar-refractivity contribution in [2.45, 2.75) is 25.8 Å². The Morgan fingerprint density at radius 1 is 1.38 bits per heavy atom. The van der Waals surface area contributed by atoms with Crippen molar-refractivity contribution in [3.63, 3.8) is 0 Å². The van der Waals surface area contributed by atoms with E-state index >= 15 is 0 Å². The molecule has 0 saturated heterocycles. The number of fused-ring (bicyclic) bond motifs is 1. The van der Waals surface area contributed by atoms with Gasteiger partial charge in [-0.15, -0.1) is 11.3 Å². The third-order valence-electron chi connectivity index (χ3n) is 3.69. The number of carbonyl (C=O) groups is 1. The SMILES string of the molecule is COc1ncnc(N(C)C)c1NC(=O)NCc1nc2c(s1)CCC2. The van der Waals surface area contributed by atoms with E-state index in [1.165, 1.54) is 30.4 Å². The smallest absolute Gasteiger partial charge is 0.319 e. The van der Waals surface area contributed by atoms with E-state index in [1.54, 1.807) is 16.2 Å². The Bertz CT molecular complexity index is 724. The van der Waals surface area contributed by atoms with Crippen molar-refractivity contribution in [3.8, 4) is 5.88 Å². The fourth-order valence-corrected chi connectivity index (χ4v) is 3.69. The molecule has 0 radical (unpaired) electrons. The molecule has 128 valence electrons. The van der Waals surface area contributed by atoms with E-state index in [4.69, 9.17) is 4.74 Å². The maximum Gasteiger partial charge on any atom is 0.319 e. The zero-order chi connectivity index (χ0) is 17.1. The summed E-state index contributed by atoms with van der Waals surface area (Å²) in [5, 5.41) is 6.52. The van der Waals surface area contributed by atoms with E-state index in [1.807, 2.05) is 14.1 Å². The van der Waals surface area contributed by atoms with E-state index < -0.39 is 0 Å². The monoisotopic (exact) mass is 348 g/mol. The predicted octanol–water partition coefficient (Wildman–Crippen LogP) is 1.82. The zero-order valence-corrected chi connectivity index (χ0v) is 14.7. The lowest BCUT2D eigenvalue weighted by atomic mass is 10.4. The molecular formula is C15H20N6O2S. The van der Waals surface area contributed by atoms with Gasteiger partial charge in [-0.25, -0.2) is 14.8 Å². The normalized spacial score (nSPS) is 12.6. The van der Waals surface area contributed by atoms with E-state index in [0.29, 0.717) is 23.9 Å². The third-order valence-corrected chi connectivity index (χ3v) is 4.85. The van der Waals surface area contributed by atoms with Crippen LogP contribution in [0, 0.1) is 0 Å². The van der Waals surface area contributed by atoms with Gasteiger partial charge in [0, 0.05) is 19.0 Å². The molecule has 0 atom stereocenters. The Hall–Kier alpha value is -2.42. The molecule has 2 amide bonds. The highest BCUT2D eigenvalue weighted by atomic mass is 32.1. The van der Waals surface area contributed by atoms with Gasteiger partial charge >= 0.3 is 6.03 Å². The van der Waals surface area contributed by atoms with Crippen molar-refractivity contribution >= 4 is 28.9 Å². The average molecular weight is 348 g/mol. The molecule has 0 saturated carbocycles. The molecule has 2 N–H and O–H groups in total. The number of urea groups is 1. The van der Waals surface area contributed by atoms with Crippen LogP contribution in [0.15, 0.2) is 6.33 Å². The van der Waals surface area contributed by atoms with Crippen LogP contribution in [0.4, 0.5) is 16.3 Å². The van der Waals surface area contributed by atoms with Crippen LogP contribution in [0.1, 0.15) is 22.0 Å². The third kappa shape index (κ3) is 3.40. The van der Waals surface area contributed by atoms with Crippen LogP contribution in [-0.4, -0.2) is 42.2 Å². The van der Waals surface area contributed by atoms with Gasteiger partial charge in [0.25, 0.3) is 0 Å². The summed E-state index contributed by atoms with van der Waals surface area (Å²) >= 11 is 1.67. The Balaban J connectivity index is 1.66. The van der Waals surface area contributed by atoms with E-state index in [2.05, 4.69) is 25.6 Å². The number of hydrogen-bond acceptors (Lipinski definition) is 7. The lowest BCUT2D eigenvalue weighted by Gasteiger charge is -2.18. The second-order valence-electron chi connectivity index (χ2n) is 5.61. The summed E-state index contributed by atoms with van der Waals surface area (Å²) in [5.41, 5.74) is 1.62. The van der Waals surface area contributed by atoms with Gasteiger partial charge in [0.15, 0.2) is 5.82 Å². The maximum atomic E-state index is 12.2. The maximum absolute atomic E-state index is 12.2. The second-order valence-corrected chi connectivity index (χ2v) is 6.78. The summed E-state index contributed by atoms with van der Waals surface area (Å²) in [5.74, 6) is 0.891. The largest absolute Gasteiger partial charge is 0.479 e. The topological polar surface area (TPSA) is 92.3 Å². The van der Waals surface area contributed by atoms with Gasteiger partial charge in [0.1, 0.15) is 17.0 Å². The molecule has 2 heterocycles. The summed E-state index contributed by atoms with van der Waals surface area (Å²) in [6.45, 7) is 0.400. The van der Waals surface area contributed by atoms with Crippen LogP contribution in [0.2, 0.25) is 0 Å². The lowest BCUT2D eigenvalue weighted by Crippen LogP contribution is -2.29. The van der Waals surface area contributed by atoms with Gasteiger partial charge in [0.05, 0.1) is 19.3 Å². The standard InChI is InChI=1S/C15H20N6O2S/c1-21(2)13-12(14(23-3)18-8-17-13)20-15(22)16-7-11-19-9-5-4-6-10(9)24-11/h8H,4-7H2,1-3H3,(H2,16,20,22). The molecule has 1 aliphatic carbocycles. The van der Waals surface area contributed by atoms with Gasteiger partial charge < -0.3 is 20.3 Å². The number of hydrogen-bond donors (Lipinski definition) is 2. The summed E-state index contributed by atoms with van der Waals surface area (Å²) in [4.78, 5) is 28.1. The first kappa shape index (κ1) is 16.4. The molecule has 2 aromatic heterocycles. The first-order valence-corrected chi connectivity index (χ1v) is 8.48. The van der Waals surface area contributed by atoms with Crippen LogP contribution in [0.3, 0.4) is 0 Å². The number of ether oxygens (including phenoxy) is 1. The number of amides is 2. The number of nitrogens with one attached hydrogen (secondary N) is 2. The average Bonchev–Trinajstić information content (AvgIpc) is 3.14. The number of nitrogens with zero attached hydrogens (tertiary/aromatic N) is 4. The quantitative estimate of drug-likeness (QED) is 0.856. The molecule has 2 aromatic rings. The second kappa shape index (κ2) is 7.00. The highest BCUT2D eigenvalue weighted by Gasteiger charge is 2.18. The molecule has 0 fully saturated rings. The number of carbonyl (C=O) groups excluding carboxylic acids is 1. The Morgan fingerprint density at radius 3 is 2.92 bits per heavy atom. The van der Waals surface area contributed by atoms with E-state index in [-0.39, 0.29) is 6.03 Å². The van der Waals surface area contributed by atoms with Crippen molar-refractivity contribution in [2.24, 2.45) is 0 Å². The molecule has 1 aliphatic rings. The number of rotatable bonds is 5. The minimum Gasteiger partial charge on any atom is -0.479 e. The van der Waals surface area contributed by atoms with Crippen molar-refractivity contribution in [2.75, 3.05) is 31.4 Å².